The topological polar surface area (TPSA) is 34.2 Å². The van der Waals surface area contributed by atoms with Crippen LogP contribution in [-0.2, 0) is 14.2 Å². The van der Waals surface area contributed by atoms with Crippen LogP contribution < -0.4 is 0 Å². The summed E-state index contributed by atoms with van der Waals surface area (Å²) in [5.74, 6) is 0. The zero-order valence-electron chi connectivity index (χ0n) is 17.6. The van der Waals surface area contributed by atoms with E-state index in [9.17, 15) is 0 Å². The molecule has 0 spiro atoms. The van der Waals surface area contributed by atoms with Gasteiger partial charge in [-0.05, 0) is 42.6 Å². The average molecular weight is 399 g/mol. The van der Waals surface area contributed by atoms with E-state index in [1.165, 1.54) is 16.3 Å². The predicted octanol–water partition coefficient (Wildman–Crippen LogP) is 3.69. The summed E-state index contributed by atoms with van der Waals surface area (Å²) in [4.78, 5) is 4.87. The van der Waals surface area contributed by atoms with Crippen molar-refractivity contribution in [1.29, 1.82) is 0 Å². The van der Waals surface area contributed by atoms with E-state index < -0.39 is 0 Å². The summed E-state index contributed by atoms with van der Waals surface area (Å²) in [5.41, 5.74) is 1.19. The molecule has 4 rings (SSSR count). The Bertz CT molecular complexity index is 749. The van der Waals surface area contributed by atoms with Gasteiger partial charge < -0.3 is 19.1 Å². The number of fused-ring (bicyclic) bond motifs is 1. The van der Waals surface area contributed by atoms with E-state index in [0.29, 0.717) is 6.61 Å². The molecule has 2 atom stereocenters. The molecule has 158 valence electrons. The number of hydrogen-bond donors (Lipinski definition) is 0. The van der Waals surface area contributed by atoms with E-state index in [2.05, 4.69) is 59.3 Å². The van der Waals surface area contributed by atoms with Gasteiger partial charge in [0, 0.05) is 39.3 Å². The van der Waals surface area contributed by atoms with Crippen molar-refractivity contribution in [3.63, 3.8) is 0 Å². The van der Waals surface area contributed by atoms with Gasteiger partial charge in [0.1, 0.15) is 6.10 Å². The van der Waals surface area contributed by atoms with Gasteiger partial charge in [0.15, 0.2) is 6.29 Å². The summed E-state index contributed by atoms with van der Waals surface area (Å²) in [6, 6.07) is 14.9. The second-order valence-corrected chi connectivity index (χ2v) is 8.21. The first-order chi connectivity index (χ1) is 14.3. The summed E-state index contributed by atoms with van der Waals surface area (Å²) >= 11 is 0. The van der Waals surface area contributed by atoms with Gasteiger partial charge >= 0.3 is 0 Å². The van der Waals surface area contributed by atoms with Crippen molar-refractivity contribution >= 4 is 10.8 Å². The first-order valence-electron chi connectivity index (χ1n) is 11.0. The fraction of sp³-hybridized carbons (Fsp3) is 0.583. The molecule has 2 aliphatic rings. The van der Waals surface area contributed by atoms with Crippen LogP contribution in [0.1, 0.15) is 30.9 Å². The molecule has 2 fully saturated rings. The molecule has 2 aromatic rings. The lowest BCUT2D eigenvalue weighted by atomic mass is 10.0. The van der Waals surface area contributed by atoms with Gasteiger partial charge in [0.05, 0.1) is 13.2 Å². The molecule has 0 saturated carbocycles. The number of piperazine rings is 1. The average Bonchev–Trinajstić information content (AvgIpc) is 2.77. The molecule has 0 aliphatic carbocycles. The molecule has 2 aliphatic heterocycles. The molecule has 5 nitrogen and oxygen atoms in total. The molecule has 0 aromatic heterocycles. The zero-order chi connectivity index (χ0) is 19.9. The second kappa shape index (κ2) is 10.5. The highest BCUT2D eigenvalue weighted by atomic mass is 16.7. The summed E-state index contributed by atoms with van der Waals surface area (Å²) in [5, 5.41) is 2.47. The Morgan fingerprint density at radius 2 is 1.86 bits per heavy atom. The SMILES string of the molecule is CN1CCN(CCOCC(OC2CCCCO2)c2cccc3ccccc23)CC1. The monoisotopic (exact) mass is 398 g/mol. The largest absolute Gasteiger partial charge is 0.377 e. The lowest BCUT2D eigenvalue weighted by Gasteiger charge is -2.32. The minimum Gasteiger partial charge on any atom is -0.377 e. The molecule has 2 saturated heterocycles. The third-order valence-corrected chi connectivity index (χ3v) is 6.04. The lowest BCUT2D eigenvalue weighted by Crippen LogP contribution is -2.45. The van der Waals surface area contributed by atoms with Crippen LogP contribution in [0.3, 0.4) is 0 Å². The molecular formula is C24H34N2O3. The normalized spacial score (nSPS) is 22.7. The fourth-order valence-corrected chi connectivity index (χ4v) is 4.19. The van der Waals surface area contributed by atoms with Crippen molar-refractivity contribution in [2.45, 2.75) is 31.7 Å². The molecule has 2 heterocycles. The quantitative estimate of drug-likeness (QED) is 0.634. The van der Waals surface area contributed by atoms with Crippen molar-refractivity contribution in [2.24, 2.45) is 0 Å². The van der Waals surface area contributed by atoms with Gasteiger partial charge in [0.25, 0.3) is 0 Å². The smallest absolute Gasteiger partial charge is 0.158 e. The highest BCUT2D eigenvalue weighted by molar-refractivity contribution is 5.86. The van der Waals surface area contributed by atoms with Gasteiger partial charge in [-0.3, -0.25) is 4.90 Å². The highest BCUT2D eigenvalue weighted by Gasteiger charge is 2.23. The van der Waals surface area contributed by atoms with E-state index >= 15 is 0 Å². The highest BCUT2D eigenvalue weighted by Crippen LogP contribution is 2.30. The Morgan fingerprint density at radius 1 is 1.03 bits per heavy atom. The number of hydrogen-bond acceptors (Lipinski definition) is 5. The van der Waals surface area contributed by atoms with E-state index in [0.717, 1.165) is 65.2 Å². The molecule has 29 heavy (non-hydrogen) atoms. The molecule has 2 unspecified atom stereocenters. The second-order valence-electron chi connectivity index (χ2n) is 8.21. The van der Waals surface area contributed by atoms with Crippen LogP contribution in [0.2, 0.25) is 0 Å². The van der Waals surface area contributed by atoms with Gasteiger partial charge in [0.2, 0.25) is 0 Å². The van der Waals surface area contributed by atoms with Crippen LogP contribution in [0.25, 0.3) is 10.8 Å². The van der Waals surface area contributed by atoms with E-state index in [1.807, 2.05) is 0 Å². The Labute approximate surface area is 174 Å². The van der Waals surface area contributed by atoms with Crippen LogP contribution in [-0.4, -0.2) is 75.7 Å². The van der Waals surface area contributed by atoms with Crippen LogP contribution in [0.5, 0.6) is 0 Å². The van der Waals surface area contributed by atoms with Crippen LogP contribution in [0.15, 0.2) is 42.5 Å². The Kier molecular flexibility index (Phi) is 7.52. The van der Waals surface area contributed by atoms with Crippen molar-refractivity contribution in [1.82, 2.24) is 9.80 Å². The number of likely N-dealkylation sites (N-methyl/N-ethyl adjacent to an activating group) is 1. The van der Waals surface area contributed by atoms with Crippen LogP contribution >= 0.6 is 0 Å². The van der Waals surface area contributed by atoms with Gasteiger partial charge in [-0.2, -0.15) is 0 Å². The molecule has 0 N–H and O–H groups in total. The van der Waals surface area contributed by atoms with Gasteiger partial charge in [-0.1, -0.05) is 42.5 Å². The summed E-state index contributed by atoms with van der Waals surface area (Å²) in [6.07, 6.45) is 3.01. The van der Waals surface area contributed by atoms with E-state index in [1.54, 1.807) is 0 Å². The van der Waals surface area contributed by atoms with Crippen molar-refractivity contribution < 1.29 is 14.2 Å². The molecular weight excluding hydrogens is 364 g/mol. The third kappa shape index (κ3) is 5.77. The molecule has 0 radical (unpaired) electrons. The standard InChI is InChI=1S/C24H34N2O3/c1-25-12-14-26(15-13-25)16-18-27-19-23(29-24-11-4-5-17-28-24)22-10-6-8-20-7-2-3-9-21(20)22/h2-3,6-10,23-24H,4-5,11-19H2,1H3. The van der Waals surface area contributed by atoms with E-state index in [4.69, 9.17) is 14.2 Å². The van der Waals surface area contributed by atoms with Gasteiger partial charge in [-0.25, -0.2) is 0 Å². The molecule has 0 bridgehead atoms. The number of nitrogens with zero attached hydrogens (tertiary/aromatic N) is 2. The van der Waals surface area contributed by atoms with Crippen molar-refractivity contribution in [2.75, 3.05) is 59.6 Å². The molecule has 2 aromatic carbocycles. The first kappa shape index (κ1) is 20.8. The lowest BCUT2D eigenvalue weighted by molar-refractivity contribution is -0.200. The molecule has 5 heteroatoms. The molecule has 0 amide bonds. The first-order valence-corrected chi connectivity index (χ1v) is 11.0. The summed E-state index contributed by atoms with van der Waals surface area (Å²) in [6.45, 7) is 7.59. The number of rotatable bonds is 8. The van der Waals surface area contributed by atoms with Crippen LogP contribution in [0, 0.1) is 0 Å². The Balaban J connectivity index is 1.39. The van der Waals surface area contributed by atoms with Crippen molar-refractivity contribution in [3.05, 3.63) is 48.0 Å². The number of ether oxygens (including phenoxy) is 3. The van der Waals surface area contributed by atoms with Gasteiger partial charge in [-0.15, -0.1) is 0 Å². The summed E-state index contributed by atoms with van der Waals surface area (Å²) in [7, 11) is 2.19. The Morgan fingerprint density at radius 3 is 2.69 bits per heavy atom. The van der Waals surface area contributed by atoms with Crippen LogP contribution in [0.4, 0.5) is 0 Å². The maximum atomic E-state index is 6.42. The maximum absolute atomic E-state index is 6.42. The maximum Gasteiger partial charge on any atom is 0.158 e. The zero-order valence-corrected chi connectivity index (χ0v) is 17.6. The van der Waals surface area contributed by atoms with E-state index in [-0.39, 0.29) is 12.4 Å². The Hall–Kier alpha value is -1.50. The number of benzene rings is 2. The minimum absolute atomic E-state index is 0.114. The minimum atomic E-state index is -0.131. The third-order valence-electron chi connectivity index (χ3n) is 6.04. The fourth-order valence-electron chi connectivity index (χ4n) is 4.19. The predicted molar refractivity (Wildman–Crippen MR) is 116 cm³/mol. The summed E-state index contributed by atoms with van der Waals surface area (Å²) < 4.78 is 18.4. The van der Waals surface area contributed by atoms with Crippen molar-refractivity contribution in [3.8, 4) is 0 Å².